The monoisotopic (exact) mass is 362 g/mol. The molecule has 0 radical (unpaired) electrons. The van der Waals surface area contributed by atoms with Crippen LogP contribution >= 0.6 is 22.9 Å². The number of nitrogens with one attached hydrogen (secondary N) is 1. The topological polar surface area (TPSA) is 62.5 Å². The molecule has 2 N–H and O–H groups in total. The van der Waals surface area contributed by atoms with E-state index in [1.54, 1.807) is 4.52 Å². The zero-order chi connectivity index (χ0) is 16.5. The molecule has 7 heteroatoms. The normalized spacial score (nSPS) is 21.2. The third-order valence-corrected chi connectivity index (χ3v) is 5.70. The highest BCUT2D eigenvalue weighted by Gasteiger charge is 2.23. The van der Waals surface area contributed by atoms with Gasteiger partial charge in [0.1, 0.15) is 0 Å². The Morgan fingerprint density at radius 3 is 2.79 bits per heavy atom. The minimum absolute atomic E-state index is 0.188. The highest BCUT2D eigenvalue weighted by molar-refractivity contribution is 7.20. The number of aromatic nitrogens is 3. The standard InChI is InChI=1S/C17H19ClN4OS/c18-13-7-5-11(6-8-13)14-10-22-17(20-14)24-16(21-22)19-9-12-3-1-2-4-15(12)23/h5-8,10,12,15,23H,1-4,9H2,(H,19,21). The Hall–Kier alpha value is -1.63. The number of fused-ring (bicyclic) bond motifs is 1. The summed E-state index contributed by atoms with van der Waals surface area (Å²) in [4.78, 5) is 5.48. The molecule has 2 heterocycles. The van der Waals surface area contributed by atoms with Gasteiger partial charge in [-0.05, 0) is 25.0 Å². The van der Waals surface area contributed by atoms with E-state index in [1.165, 1.54) is 17.8 Å². The van der Waals surface area contributed by atoms with Gasteiger partial charge in [-0.25, -0.2) is 9.50 Å². The second-order valence-electron chi connectivity index (χ2n) is 6.26. The first-order valence-electron chi connectivity index (χ1n) is 8.23. The fourth-order valence-electron chi connectivity index (χ4n) is 3.18. The molecule has 0 amide bonds. The van der Waals surface area contributed by atoms with Gasteiger partial charge in [-0.1, -0.05) is 47.9 Å². The number of aliphatic hydroxyl groups excluding tert-OH is 1. The maximum atomic E-state index is 10.0. The number of rotatable bonds is 4. The van der Waals surface area contributed by atoms with Crippen molar-refractivity contribution in [3.8, 4) is 11.3 Å². The van der Waals surface area contributed by atoms with Gasteiger partial charge in [-0.2, -0.15) is 0 Å². The van der Waals surface area contributed by atoms with Crippen LogP contribution in [0.1, 0.15) is 25.7 Å². The molecule has 24 heavy (non-hydrogen) atoms. The summed E-state index contributed by atoms with van der Waals surface area (Å²) in [6, 6.07) is 7.64. The Balaban J connectivity index is 1.46. The van der Waals surface area contributed by atoms with Crippen LogP contribution in [0.25, 0.3) is 16.2 Å². The third kappa shape index (κ3) is 3.27. The lowest BCUT2D eigenvalue weighted by molar-refractivity contribution is 0.0763. The summed E-state index contributed by atoms with van der Waals surface area (Å²) in [6.07, 6.45) is 6.07. The van der Waals surface area contributed by atoms with Gasteiger partial charge in [0.2, 0.25) is 10.1 Å². The number of halogens is 1. The van der Waals surface area contributed by atoms with E-state index in [9.17, 15) is 5.11 Å². The Morgan fingerprint density at radius 1 is 1.25 bits per heavy atom. The Kier molecular flexibility index (Phi) is 4.43. The molecule has 1 aliphatic rings. The highest BCUT2D eigenvalue weighted by Crippen LogP contribution is 2.27. The number of anilines is 1. The maximum absolute atomic E-state index is 10.0. The van der Waals surface area contributed by atoms with E-state index in [4.69, 9.17) is 11.6 Å². The fourth-order valence-corrected chi connectivity index (χ4v) is 4.09. The van der Waals surface area contributed by atoms with Gasteiger partial charge in [0.05, 0.1) is 18.0 Å². The van der Waals surface area contributed by atoms with Gasteiger partial charge in [-0.3, -0.25) is 0 Å². The van der Waals surface area contributed by atoms with E-state index in [-0.39, 0.29) is 6.10 Å². The summed E-state index contributed by atoms with van der Waals surface area (Å²) in [7, 11) is 0. The Labute approximate surface area is 149 Å². The smallest absolute Gasteiger partial charge is 0.214 e. The summed E-state index contributed by atoms with van der Waals surface area (Å²) in [6.45, 7) is 0.766. The minimum atomic E-state index is -0.188. The van der Waals surface area contributed by atoms with Gasteiger partial charge < -0.3 is 10.4 Å². The molecule has 126 valence electrons. The second kappa shape index (κ2) is 6.70. The number of hydrogen-bond acceptors (Lipinski definition) is 5. The zero-order valence-electron chi connectivity index (χ0n) is 13.2. The Bertz CT molecular complexity index is 797. The molecular formula is C17H19ClN4OS. The van der Waals surface area contributed by atoms with Crippen molar-refractivity contribution in [2.24, 2.45) is 5.92 Å². The van der Waals surface area contributed by atoms with Crippen molar-refractivity contribution in [1.29, 1.82) is 0 Å². The maximum Gasteiger partial charge on any atom is 0.214 e. The van der Waals surface area contributed by atoms with E-state index < -0.39 is 0 Å². The predicted octanol–water partition coefficient (Wildman–Crippen LogP) is 4.07. The van der Waals surface area contributed by atoms with Crippen LogP contribution < -0.4 is 5.32 Å². The molecule has 1 saturated carbocycles. The van der Waals surface area contributed by atoms with Gasteiger partial charge in [-0.15, -0.1) is 5.10 Å². The summed E-state index contributed by atoms with van der Waals surface area (Å²) in [5, 5.41) is 19.5. The van der Waals surface area contributed by atoms with Gasteiger partial charge in [0, 0.05) is 23.0 Å². The number of nitrogens with zero attached hydrogens (tertiary/aromatic N) is 3. The van der Waals surface area contributed by atoms with E-state index in [1.807, 2.05) is 30.5 Å². The van der Waals surface area contributed by atoms with Crippen molar-refractivity contribution < 1.29 is 5.11 Å². The number of imidazole rings is 1. The van der Waals surface area contributed by atoms with Crippen molar-refractivity contribution in [3.63, 3.8) is 0 Å². The lowest BCUT2D eigenvalue weighted by Gasteiger charge is -2.27. The molecule has 0 aliphatic heterocycles. The predicted molar refractivity (Wildman–Crippen MR) is 97.8 cm³/mol. The quantitative estimate of drug-likeness (QED) is 0.734. The first kappa shape index (κ1) is 15.9. The van der Waals surface area contributed by atoms with Crippen LogP contribution in [0, 0.1) is 5.92 Å². The molecule has 2 unspecified atom stereocenters. The third-order valence-electron chi connectivity index (χ3n) is 4.57. The summed E-state index contributed by atoms with van der Waals surface area (Å²) >= 11 is 7.45. The first-order chi connectivity index (χ1) is 11.7. The zero-order valence-corrected chi connectivity index (χ0v) is 14.7. The molecule has 5 nitrogen and oxygen atoms in total. The molecular weight excluding hydrogens is 344 g/mol. The van der Waals surface area contributed by atoms with E-state index in [0.717, 1.165) is 47.2 Å². The molecule has 4 rings (SSSR count). The van der Waals surface area contributed by atoms with Crippen LogP contribution in [0.4, 0.5) is 5.13 Å². The second-order valence-corrected chi connectivity index (χ2v) is 7.65. The molecule has 3 aromatic rings. The highest BCUT2D eigenvalue weighted by atomic mass is 35.5. The lowest BCUT2D eigenvalue weighted by Crippen LogP contribution is -2.30. The van der Waals surface area contributed by atoms with E-state index >= 15 is 0 Å². The van der Waals surface area contributed by atoms with Gasteiger partial charge in [0.15, 0.2) is 0 Å². The van der Waals surface area contributed by atoms with Crippen LogP contribution in [-0.4, -0.2) is 32.4 Å². The molecule has 0 saturated heterocycles. The van der Waals surface area contributed by atoms with Crippen molar-refractivity contribution >= 4 is 33.0 Å². The summed E-state index contributed by atoms with van der Waals surface area (Å²) in [5.41, 5.74) is 1.91. The summed E-state index contributed by atoms with van der Waals surface area (Å²) < 4.78 is 1.80. The Morgan fingerprint density at radius 2 is 2.04 bits per heavy atom. The molecule has 1 fully saturated rings. The average Bonchev–Trinajstić information content (AvgIpc) is 3.13. The first-order valence-corrected chi connectivity index (χ1v) is 9.42. The molecule has 1 aliphatic carbocycles. The fraction of sp³-hybridized carbons (Fsp3) is 0.412. The van der Waals surface area contributed by atoms with E-state index in [2.05, 4.69) is 15.4 Å². The van der Waals surface area contributed by atoms with Crippen LogP contribution in [0.5, 0.6) is 0 Å². The van der Waals surface area contributed by atoms with Crippen molar-refractivity contribution in [1.82, 2.24) is 14.6 Å². The average molecular weight is 363 g/mol. The van der Waals surface area contributed by atoms with E-state index in [0.29, 0.717) is 10.9 Å². The van der Waals surface area contributed by atoms with Crippen LogP contribution in [0.3, 0.4) is 0 Å². The molecule has 1 aromatic carbocycles. The van der Waals surface area contributed by atoms with Gasteiger partial charge in [0.25, 0.3) is 0 Å². The SMILES string of the molecule is OC1CCCCC1CNc1nn2cc(-c3ccc(Cl)cc3)nc2s1. The number of hydrogen-bond donors (Lipinski definition) is 2. The van der Waals surface area contributed by atoms with Crippen LogP contribution in [0.15, 0.2) is 30.5 Å². The van der Waals surface area contributed by atoms with Crippen molar-refractivity contribution in [2.75, 3.05) is 11.9 Å². The lowest BCUT2D eigenvalue weighted by atomic mass is 9.86. The molecule has 2 atom stereocenters. The van der Waals surface area contributed by atoms with Crippen LogP contribution in [0.2, 0.25) is 5.02 Å². The summed E-state index contributed by atoms with van der Waals surface area (Å²) in [5.74, 6) is 0.319. The number of aliphatic hydroxyl groups is 1. The van der Waals surface area contributed by atoms with Crippen molar-refractivity contribution in [3.05, 3.63) is 35.5 Å². The molecule has 2 aromatic heterocycles. The number of benzene rings is 1. The van der Waals surface area contributed by atoms with Crippen molar-refractivity contribution in [2.45, 2.75) is 31.8 Å². The van der Waals surface area contributed by atoms with Crippen LogP contribution in [-0.2, 0) is 0 Å². The molecule has 0 spiro atoms. The minimum Gasteiger partial charge on any atom is -0.393 e. The largest absolute Gasteiger partial charge is 0.393 e. The van der Waals surface area contributed by atoms with Gasteiger partial charge >= 0.3 is 0 Å². The molecule has 0 bridgehead atoms.